The number of carboxylic acids is 1. The predicted octanol–water partition coefficient (Wildman–Crippen LogP) is 0.757. The number of hydrogen-bond donors (Lipinski definition) is 5. The number of carboxylic acid groups (broad SMARTS) is 1. The van der Waals surface area contributed by atoms with Gasteiger partial charge in [-0.2, -0.15) is 0 Å². The highest BCUT2D eigenvalue weighted by molar-refractivity contribution is 7.74. The first-order chi connectivity index (χ1) is 16.6. The van der Waals surface area contributed by atoms with E-state index in [1.165, 1.54) is 4.90 Å². The van der Waals surface area contributed by atoms with E-state index in [-0.39, 0.29) is 31.4 Å². The minimum Gasteiger partial charge on any atom is -0.480 e. The van der Waals surface area contributed by atoms with Gasteiger partial charge in [-0.15, -0.1) is 0 Å². The van der Waals surface area contributed by atoms with E-state index >= 15 is 0 Å². The minimum absolute atomic E-state index is 0.0916. The van der Waals surface area contributed by atoms with Gasteiger partial charge in [0.2, 0.25) is 16.8 Å². The Labute approximate surface area is 207 Å². The second-order valence-corrected chi connectivity index (χ2v) is 10.5. The molecular weight excluding hydrogens is 472 g/mol. The molecular formula is C23H36N6O5S. The van der Waals surface area contributed by atoms with E-state index in [0.717, 1.165) is 16.3 Å². The molecule has 2 aliphatic heterocycles. The monoisotopic (exact) mass is 508 g/mol. The molecule has 0 saturated carbocycles. The number of piperidine rings is 1. The fourth-order valence-corrected chi connectivity index (χ4v) is 5.70. The zero-order valence-corrected chi connectivity index (χ0v) is 21.1. The average Bonchev–Trinajstić information content (AvgIpc) is 2.79. The lowest BCUT2D eigenvalue weighted by Gasteiger charge is -2.40. The van der Waals surface area contributed by atoms with Crippen molar-refractivity contribution < 1.29 is 23.1 Å². The first-order valence-corrected chi connectivity index (χ1v) is 13.1. The lowest BCUT2D eigenvalue weighted by atomic mass is 9.91. The van der Waals surface area contributed by atoms with Gasteiger partial charge in [-0.1, -0.05) is 26.0 Å². The summed E-state index contributed by atoms with van der Waals surface area (Å²) in [5.74, 6) is -1.16. The first kappa shape index (κ1) is 26.6. The first-order valence-electron chi connectivity index (χ1n) is 12.0. The number of fused-ring (bicyclic) bond motifs is 1. The summed E-state index contributed by atoms with van der Waals surface area (Å²) >= 11 is 0. The molecule has 2 aliphatic rings. The Morgan fingerprint density at radius 2 is 2.03 bits per heavy atom. The number of carbonyl (C=O) groups is 2. The highest BCUT2D eigenvalue weighted by Crippen LogP contribution is 2.37. The second kappa shape index (κ2) is 11.6. The van der Waals surface area contributed by atoms with Gasteiger partial charge < -0.3 is 26.8 Å². The number of nitrogens with two attached hydrogens (primary N) is 2. The normalized spacial score (nSPS) is 22.6. The zero-order chi connectivity index (χ0) is 25.7. The number of nitrogens with one attached hydrogen (secondary N) is 1. The lowest BCUT2D eigenvalue weighted by molar-refractivity contribution is -0.153. The summed E-state index contributed by atoms with van der Waals surface area (Å²) in [6, 6.07) is 3.29. The number of rotatable bonds is 9. The van der Waals surface area contributed by atoms with Gasteiger partial charge in [0.1, 0.15) is 12.1 Å². The predicted molar refractivity (Wildman–Crippen MR) is 136 cm³/mol. The van der Waals surface area contributed by atoms with E-state index in [9.17, 15) is 23.1 Å². The molecule has 0 aliphatic carbocycles. The average molecular weight is 509 g/mol. The number of anilines is 2. The SMILES string of the molecule is CC1CCN(C(=O)[C@H](CCCN=C(N)N)N(c2cccc3c2NC[C@H](C)C3)[SH](=O)=O)C(C(=O)O)C1. The number of aliphatic carboxylic acids is 1. The number of amides is 1. The molecule has 3 rings (SSSR count). The molecule has 2 heterocycles. The van der Waals surface area contributed by atoms with Crippen LogP contribution in [0.1, 0.15) is 45.1 Å². The molecule has 35 heavy (non-hydrogen) atoms. The Hall–Kier alpha value is -3.02. The van der Waals surface area contributed by atoms with Gasteiger partial charge in [-0.25, -0.2) is 13.2 Å². The summed E-state index contributed by atoms with van der Waals surface area (Å²) in [6.45, 7) is 5.22. The quantitative estimate of drug-likeness (QED) is 0.141. The van der Waals surface area contributed by atoms with Gasteiger partial charge in [-0.05, 0) is 55.6 Å². The largest absolute Gasteiger partial charge is 0.480 e. The van der Waals surface area contributed by atoms with Gasteiger partial charge in [0.15, 0.2) is 5.96 Å². The number of carbonyl (C=O) groups excluding carboxylic acids is 1. The van der Waals surface area contributed by atoms with Crippen molar-refractivity contribution >= 4 is 40.1 Å². The third-order valence-electron chi connectivity index (χ3n) is 6.69. The second-order valence-electron chi connectivity index (χ2n) is 9.56. The Morgan fingerprint density at radius 1 is 1.29 bits per heavy atom. The number of nitrogens with zero attached hydrogens (tertiary/aromatic N) is 3. The molecule has 1 saturated heterocycles. The van der Waals surface area contributed by atoms with Crippen molar-refractivity contribution in [2.45, 2.75) is 58.0 Å². The van der Waals surface area contributed by atoms with Crippen molar-refractivity contribution in [3.63, 3.8) is 0 Å². The standard InChI is InChI=1S/C23H36N6O5S/c1-14-8-10-28(19(12-14)22(31)32)21(30)18(7-4-9-26-23(24)25)29(35(33)34)17-6-3-5-16-11-15(2)13-27-20(16)17/h3,5-6,14-15,18-19,27,35H,4,7-13H2,1-2H3,(H,31,32)(H4,24,25,26)/t14?,15-,18+,19?/m1/s1. The number of hydrogen-bond acceptors (Lipinski definition) is 6. The third kappa shape index (κ3) is 6.36. The van der Waals surface area contributed by atoms with Crippen molar-refractivity contribution in [2.24, 2.45) is 28.3 Å². The molecule has 1 amide bonds. The number of aliphatic imine (C=N–C) groups is 1. The maximum absolute atomic E-state index is 13.8. The van der Waals surface area contributed by atoms with Crippen molar-refractivity contribution in [2.75, 3.05) is 29.3 Å². The molecule has 1 aromatic rings. The van der Waals surface area contributed by atoms with Gasteiger partial charge in [0.25, 0.3) is 0 Å². The summed E-state index contributed by atoms with van der Waals surface area (Å²) in [5.41, 5.74) is 12.9. The number of para-hydroxylation sites is 1. The maximum Gasteiger partial charge on any atom is 0.326 e. The summed E-state index contributed by atoms with van der Waals surface area (Å²) < 4.78 is 26.5. The van der Waals surface area contributed by atoms with E-state index in [0.29, 0.717) is 43.1 Å². The van der Waals surface area contributed by atoms with Crippen LogP contribution in [0.15, 0.2) is 23.2 Å². The third-order valence-corrected chi connectivity index (χ3v) is 7.54. The topological polar surface area (TPSA) is 171 Å². The molecule has 4 atom stereocenters. The lowest BCUT2D eigenvalue weighted by Crippen LogP contribution is -2.56. The van der Waals surface area contributed by atoms with Crippen molar-refractivity contribution in [1.82, 2.24) is 4.90 Å². The highest BCUT2D eigenvalue weighted by Gasteiger charge is 2.40. The Morgan fingerprint density at radius 3 is 2.69 bits per heavy atom. The van der Waals surface area contributed by atoms with E-state index < -0.39 is 34.9 Å². The molecule has 0 spiro atoms. The van der Waals surface area contributed by atoms with Gasteiger partial charge in [0, 0.05) is 19.6 Å². The van der Waals surface area contributed by atoms with Crippen LogP contribution in [0.3, 0.4) is 0 Å². The number of benzene rings is 1. The number of guanidine groups is 1. The highest BCUT2D eigenvalue weighted by atomic mass is 32.2. The Balaban J connectivity index is 2.01. The van der Waals surface area contributed by atoms with Crippen molar-refractivity contribution in [3.8, 4) is 0 Å². The van der Waals surface area contributed by atoms with Gasteiger partial charge in [0.05, 0.1) is 11.4 Å². The molecule has 12 heteroatoms. The minimum atomic E-state index is -3.22. The van der Waals surface area contributed by atoms with Crippen LogP contribution in [0, 0.1) is 11.8 Å². The molecule has 0 bridgehead atoms. The van der Waals surface area contributed by atoms with Crippen LogP contribution in [0.4, 0.5) is 11.4 Å². The van der Waals surface area contributed by atoms with Crippen LogP contribution in [0.2, 0.25) is 0 Å². The number of likely N-dealkylation sites (tertiary alicyclic amines) is 1. The molecule has 2 unspecified atom stereocenters. The summed E-state index contributed by atoms with van der Waals surface area (Å²) in [4.78, 5) is 31.1. The van der Waals surface area contributed by atoms with Gasteiger partial charge in [-0.3, -0.25) is 14.1 Å². The van der Waals surface area contributed by atoms with Crippen LogP contribution in [-0.4, -0.2) is 68.0 Å². The molecule has 11 nitrogen and oxygen atoms in total. The zero-order valence-electron chi connectivity index (χ0n) is 20.2. The molecule has 194 valence electrons. The Kier molecular flexibility index (Phi) is 8.82. The van der Waals surface area contributed by atoms with E-state index in [1.807, 2.05) is 13.0 Å². The van der Waals surface area contributed by atoms with E-state index in [1.54, 1.807) is 12.1 Å². The maximum atomic E-state index is 13.8. The van der Waals surface area contributed by atoms with E-state index in [2.05, 4.69) is 17.2 Å². The fraction of sp³-hybridized carbons (Fsp3) is 0.609. The molecule has 1 fully saturated rings. The molecule has 0 radical (unpaired) electrons. The summed E-state index contributed by atoms with van der Waals surface area (Å²) in [6.07, 6.45) is 2.24. The van der Waals surface area contributed by atoms with Crippen LogP contribution < -0.4 is 21.1 Å². The summed E-state index contributed by atoms with van der Waals surface area (Å²) in [5, 5.41) is 13.1. The summed E-state index contributed by atoms with van der Waals surface area (Å²) in [7, 11) is -3.22. The van der Waals surface area contributed by atoms with Gasteiger partial charge >= 0.3 is 5.97 Å². The van der Waals surface area contributed by atoms with Crippen LogP contribution in [0.5, 0.6) is 0 Å². The fourth-order valence-electron chi connectivity index (χ4n) is 4.92. The van der Waals surface area contributed by atoms with Crippen molar-refractivity contribution in [1.29, 1.82) is 0 Å². The molecule has 0 aromatic heterocycles. The smallest absolute Gasteiger partial charge is 0.326 e. The Bertz CT molecular complexity index is 1030. The molecule has 1 aromatic carbocycles. The van der Waals surface area contributed by atoms with E-state index in [4.69, 9.17) is 11.5 Å². The van der Waals surface area contributed by atoms with Crippen LogP contribution >= 0.6 is 0 Å². The number of thiol groups is 1. The van der Waals surface area contributed by atoms with Crippen LogP contribution in [0.25, 0.3) is 0 Å². The van der Waals surface area contributed by atoms with Crippen LogP contribution in [-0.2, 0) is 26.9 Å². The molecule has 6 N–H and O–H groups in total. The van der Waals surface area contributed by atoms with Crippen molar-refractivity contribution in [3.05, 3.63) is 23.8 Å².